The van der Waals surface area contributed by atoms with Gasteiger partial charge in [-0.1, -0.05) is 41.4 Å². The molecule has 7 heteroatoms. The summed E-state index contributed by atoms with van der Waals surface area (Å²) < 4.78 is 0. The van der Waals surface area contributed by atoms with Gasteiger partial charge in [0.05, 0.1) is 15.7 Å². The molecule has 2 aromatic carbocycles. The first-order chi connectivity index (χ1) is 11.6. The quantitative estimate of drug-likeness (QED) is 0.539. The molecule has 0 radical (unpaired) electrons. The van der Waals surface area contributed by atoms with Crippen LogP contribution in [-0.2, 0) is 5.75 Å². The fourth-order valence-corrected chi connectivity index (χ4v) is 3.83. The standard InChI is InChI=1S/C17H12Cl2N2OS2/c18-14-7-6-11(8-15(14)19)16(22)21-17-20-12(10-24-17)9-23-13-4-2-1-3-5-13/h1-8,10H,9H2,(H,20,21,22). The van der Waals surface area contributed by atoms with E-state index in [0.717, 1.165) is 11.4 Å². The zero-order valence-corrected chi connectivity index (χ0v) is 15.5. The second-order valence-electron chi connectivity index (χ2n) is 4.83. The number of amides is 1. The van der Waals surface area contributed by atoms with E-state index >= 15 is 0 Å². The van der Waals surface area contributed by atoms with Gasteiger partial charge in [-0.05, 0) is 30.3 Å². The molecule has 1 heterocycles. The van der Waals surface area contributed by atoms with E-state index in [2.05, 4.69) is 22.4 Å². The molecule has 0 bridgehead atoms. The van der Waals surface area contributed by atoms with Gasteiger partial charge in [0.1, 0.15) is 0 Å². The molecular weight excluding hydrogens is 383 g/mol. The molecular formula is C17H12Cl2N2OS2. The van der Waals surface area contributed by atoms with Crippen molar-refractivity contribution in [2.24, 2.45) is 0 Å². The van der Waals surface area contributed by atoms with Crippen LogP contribution in [0, 0.1) is 0 Å². The molecule has 0 spiro atoms. The van der Waals surface area contributed by atoms with Crippen molar-refractivity contribution in [3.63, 3.8) is 0 Å². The molecule has 0 saturated heterocycles. The number of halogens is 2. The Morgan fingerprint density at radius 1 is 1.12 bits per heavy atom. The maximum Gasteiger partial charge on any atom is 0.257 e. The molecule has 0 fully saturated rings. The van der Waals surface area contributed by atoms with Crippen LogP contribution in [0.15, 0.2) is 58.8 Å². The zero-order chi connectivity index (χ0) is 16.9. The van der Waals surface area contributed by atoms with Gasteiger partial charge in [-0.2, -0.15) is 0 Å². The number of thioether (sulfide) groups is 1. The second-order valence-corrected chi connectivity index (χ2v) is 7.55. The maximum atomic E-state index is 12.2. The highest BCUT2D eigenvalue weighted by Crippen LogP contribution is 2.26. The Morgan fingerprint density at radius 2 is 1.92 bits per heavy atom. The lowest BCUT2D eigenvalue weighted by Crippen LogP contribution is -2.11. The number of rotatable bonds is 5. The molecule has 0 aliphatic carbocycles. The lowest BCUT2D eigenvalue weighted by molar-refractivity contribution is 0.102. The Bertz CT molecular complexity index is 853. The van der Waals surface area contributed by atoms with Crippen LogP contribution in [0.1, 0.15) is 16.1 Å². The Hall–Kier alpha value is -1.53. The van der Waals surface area contributed by atoms with Gasteiger partial charge in [0.15, 0.2) is 5.13 Å². The summed E-state index contributed by atoms with van der Waals surface area (Å²) in [6.07, 6.45) is 0. The van der Waals surface area contributed by atoms with Crippen molar-refractivity contribution in [1.29, 1.82) is 0 Å². The van der Waals surface area contributed by atoms with Gasteiger partial charge in [-0.15, -0.1) is 23.1 Å². The highest BCUT2D eigenvalue weighted by Gasteiger charge is 2.11. The van der Waals surface area contributed by atoms with Crippen LogP contribution < -0.4 is 5.32 Å². The van der Waals surface area contributed by atoms with Crippen LogP contribution in [0.2, 0.25) is 10.0 Å². The van der Waals surface area contributed by atoms with Gasteiger partial charge in [0, 0.05) is 21.6 Å². The molecule has 3 nitrogen and oxygen atoms in total. The molecule has 1 aromatic heterocycles. The summed E-state index contributed by atoms with van der Waals surface area (Å²) in [7, 11) is 0. The van der Waals surface area contributed by atoms with E-state index in [9.17, 15) is 4.79 Å². The molecule has 3 rings (SSSR count). The third kappa shape index (κ3) is 4.51. The van der Waals surface area contributed by atoms with E-state index in [1.54, 1.807) is 30.0 Å². The normalized spacial score (nSPS) is 10.6. The number of nitrogens with zero attached hydrogens (tertiary/aromatic N) is 1. The molecule has 0 atom stereocenters. The molecule has 1 amide bonds. The van der Waals surface area contributed by atoms with E-state index in [0.29, 0.717) is 20.7 Å². The SMILES string of the molecule is O=C(Nc1nc(CSc2ccccc2)cs1)c1ccc(Cl)c(Cl)c1. The number of carbonyl (C=O) groups is 1. The van der Waals surface area contributed by atoms with Gasteiger partial charge in [0.2, 0.25) is 0 Å². The van der Waals surface area contributed by atoms with Crippen LogP contribution in [0.4, 0.5) is 5.13 Å². The summed E-state index contributed by atoms with van der Waals surface area (Å²) in [6.45, 7) is 0. The number of thiazole rings is 1. The minimum Gasteiger partial charge on any atom is -0.298 e. The molecule has 0 saturated carbocycles. The lowest BCUT2D eigenvalue weighted by Gasteiger charge is -2.03. The highest BCUT2D eigenvalue weighted by atomic mass is 35.5. The van der Waals surface area contributed by atoms with E-state index < -0.39 is 0 Å². The average Bonchev–Trinajstić information content (AvgIpc) is 3.04. The topological polar surface area (TPSA) is 42.0 Å². The first kappa shape index (κ1) is 17.3. The number of aromatic nitrogens is 1. The molecule has 1 N–H and O–H groups in total. The number of hydrogen-bond donors (Lipinski definition) is 1. The molecule has 122 valence electrons. The summed E-state index contributed by atoms with van der Waals surface area (Å²) in [6, 6.07) is 14.9. The summed E-state index contributed by atoms with van der Waals surface area (Å²) in [4.78, 5) is 17.8. The van der Waals surface area contributed by atoms with Crippen LogP contribution in [0.3, 0.4) is 0 Å². The van der Waals surface area contributed by atoms with Gasteiger partial charge >= 0.3 is 0 Å². The third-order valence-electron chi connectivity index (χ3n) is 3.08. The van der Waals surface area contributed by atoms with Crippen molar-refractivity contribution in [3.05, 3.63) is 75.2 Å². The van der Waals surface area contributed by atoms with Crippen molar-refractivity contribution in [2.75, 3.05) is 5.32 Å². The molecule has 0 aliphatic rings. The van der Waals surface area contributed by atoms with Crippen LogP contribution >= 0.6 is 46.3 Å². The maximum absolute atomic E-state index is 12.2. The van der Waals surface area contributed by atoms with E-state index in [1.807, 2.05) is 23.6 Å². The van der Waals surface area contributed by atoms with E-state index in [4.69, 9.17) is 23.2 Å². The lowest BCUT2D eigenvalue weighted by atomic mass is 10.2. The van der Waals surface area contributed by atoms with Crippen molar-refractivity contribution < 1.29 is 4.79 Å². The van der Waals surface area contributed by atoms with Crippen molar-refractivity contribution in [3.8, 4) is 0 Å². The molecule has 0 aliphatic heterocycles. The van der Waals surface area contributed by atoms with E-state index in [-0.39, 0.29) is 5.91 Å². The summed E-state index contributed by atoms with van der Waals surface area (Å²) >= 11 is 14.9. The highest BCUT2D eigenvalue weighted by molar-refractivity contribution is 7.98. The number of carbonyl (C=O) groups excluding carboxylic acids is 1. The Kier molecular flexibility index (Phi) is 5.79. The fourth-order valence-electron chi connectivity index (χ4n) is 1.91. The first-order valence-electron chi connectivity index (χ1n) is 7.00. The van der Waals surface area contributed by atoms with Crippen molar-refractivity contribution in [1.82, 2.24) is 4.98 Å². The third-order valence-corrected chi connectivity index (χ3v) is 5.68. The number of anilines is 1. The molecule has 0 unspecified atom stereocenters. The minimum atomic E-state index is -0.259. The van der Waals surface area contributed by atoms with E-state index in [1.165, 1.54) is 16.2 Å². The van der Waals surface area contributed by atoms with Gasteiger partial charge < -0.3 is 0 Å². The van der Waals surface area contributed by atoms with Crippen molar-refractivity contribution in [2.45, 2.75) is 10.6 Å². The summed E-state index contributed by atoms with van der Waals surface area (Å²) in [5.41, 5.74) is 1.37. The number of benzene rings is 2. The Labute approximate surface area is 158 Å². The number of nitrogens with one attached hydrogen (secondary N) is 1. The van der Waals surface area contributed by atoms with Gasteiger partial charge in [0.25, 0.3) is 5.91 Å². The van der Waals surface area contributed by atoms with Gasteiger partial charge in [-0.3, -0.25) is 10.1 Å². The van der Waals surface area contributed by atoms with Crippen molar-refractivity contribution >= 4 is 57.3 Å². The Balaban J connectivity index is 1.61. The largest absolute Gasteiger partial charge is 0.298 e. The Morgan fingerprint density at radius 3 is 2.67 bits per heavy atom. The summed E-state index contributed by atoms with van der Waals surface area (Å²) in [5.74, 6) is 0.494. The van der Waals surface area contributed by atoms with Gasteiger partial charge in [-0.25, -0.2) is 4.98 Å². The predicted molar refractivity (Wildman–Crippen MR) is 103 cm³/mol. The van der Waals surface area contributed by atoms with Crippen LogP contribution in [0.25, 0.3) is 0 Å². The zero-order valence-electron chi connectivity index (χ0n) is 12.3. The molecule has 3 aromatic rings. The van der Waals surface area contributed by atoms with Crippen LogP contribution in [0.5, 0.6) is 0 Å². The fraction of sp³-hybridized carbons (Fsp3) is 0.0588. The minimum absolute atomic E-state index is 0.259. The predicted octanol–water partition coefficient (Wildman–Crippen LogP) is 5.99. The first-order valence-corrected chi connectivity index (χ1v) is 9.62. The monoisotopic (exact) mass is 394 g/mol. The smallest absolute Gasteiger partial charge is 0.257 e. The molecule has 24 heavy (non-hydrogen) atoms. The average molecular weight is 395 g/mol. The van der Waals surface area contributed by atoms with Crippen LogP contribution in [-0.4, -0.2) is 10.9 Å². The summed E-state index contributed by atoms with van der Waals surface area (Å²) in [5, 5.41) is 6.06. The second kappa shape index (κ2) is 8.03. The number of hydrogen-bond acceptors (Lipinski definition) is 4.